The molecule has 0 amide bonds. The monoisotopic (exact) mass is 238 g/mol. The van der Waals surface area contributed by atoms with Crippen LogP contribution in [0.1, 0.15) is 16.7 Å². The summed E-state index contributed by atoms with van der Waals surface area (Å²) in [4.78, 5) is 24.4. The Labute approximate surface area is 96.1 Å². The maximum atomic E-state index is 11.4. The van der Waals surface area contributed by atoms with E-state index in [1.54, 1.807) is 13.8 Å². The molecule has 0 bridgehead atoms. The Morgan fingerprint density at radius 2 is 2.12 bits per heavy atom. The number of aromatic nitrogens is 1. The molecular weight excluding hydrogens is 228 g/mol. The third kappa shape index (κ3) is 2.44. The van der Waals surface area contributed by atoms with Gasteiger partial charge in [-0.05, 0) is 19.4 Å². The lowest BCUT2D eigenvalue weighted by Crippen LogP contribution is -2.14. The van der Waals surface area contributed by atoms with E-state index in [9.17, 15) is 9.59 Å². The number of pyridine rings is 1. The summed E-state index contributed by atoms with van der Waals surface area (Å²) in [6.07, 6.45) is 0. The van der Waals surface area contributed by atoms with E-state index in [0.717, 1.165) is 11.8 Å². The maximum Gasteiger partial charge on any atom is 0.313 e. The molecule has 0 unspecified atom stereocenters. The molecule has 0 aromatic carbocycles. The quantitative estimate of drug-likeness (QED) is 0.767. The normalized spacial score (nSPS) is 9.81. The van der Waals surface area contributed by atoms with Crippen molar-refractivity contribution in [3.63, 3.8) is 0 Å². The van der Waals surface area contributed by atoms with Crippen LogP contribution in [0.2, 0.25) is 0 Å². The molecule has 6 heteroatoms. The van der Waals surface area contributed by atoms with Crippen LogP contribution in [0.4, 0.5) is 0 Å². The highest BCUT2D eigenvalue weighted by Crippen LogP contribution is 2.22. The number of rotatable bonds is 3. The summed E-state index contributed by atoms with van der Waals surface area (Å²) in [5.74, 6) is -1.18. The summed E-state index contributed by atoms with van der Waals surface area (Å²) < 4.78 is 0. The van der Waals surface area contributed by atoms with Crippen LogP contribution < -0.4 is 5.56 Å². The van der Waals surface area contributed by atoms with E-state index in [-0.39, 0.29) is 11.3 Å². The van der Waals surface area contributed by atoms with Gasteiger partial charge < -0.3 is 10.1 Å². The van der Waals surface area contributed by atoms with Crippen molar-refractivity contribution in [3.05, 3.63) is 27.0 Å². The predicted molar refractivity (Wildman–Crippen MR) is 59.6 cm³/mol. The number of carboxylic acid groups (broad SMARTS) is 1. The summed E-state index contributed by atoms with van der Waals surface area (Å²) in [7, 11) is 0. The van der Waals surface area contributed by atoms with Gasteiger partial charge in [0.15, 0.2) is 0 Å². The molecular formula is C10H10N2O3S. The Balaban J connectivity index is 3.24. The maximum absolute atomic E-state index is 11.4. The zero-order chi connectivity index (χ0) is 12.3. The molecule has 0 aliphatic rings. The molecule has 0 saturated carbocycles. The van der Waals surface area contributed by atoms with E-state index in [4.69, 9.17) is 10.4 Å². The molecule has 0 aliphatic carbocycles. The molecule has 16 heavy (non-hydrogen) atoms. The summed E-state index contributed by atoms with van der Waals surface area (Å²) >= 11 is 0.939. The second kappa shape index (κ2) is 4.86. The fourth-order valence-corrected chi connectivity index (χ4v) is 1.94. The Hall–Kier alpha value is -1.74. The molecule has 0 radical (unpaired) electrons. The van der Waals surface area contributed by atoms with Crippen molar-refractivity contribution in [2.45, 2.75) is 18.9 Å². The van der Waals surface area contributed by atoms with Crippen LogP contribution in [0.25, 0.3) is 0 Å². The predicted octanol–water partition coefficient (Wildman–Crippen LogP) is 1.04. The number of hydrogen-bond acceptors (Lipinski definition) is 4. The number of carboxylic acids is 1. The van der Waals surface area contributed by atoms with Gasteiger partial charge in [-0.25, -0.2) is 0 Å². The van der Waals surface area contributed by atoms with Crippen LogP contribution in [0.15, 0.2) is 9.82 Å². The van der Waals surface area contributed by atoms with Crippen LogP contribution in [0.5, 0.6) is 0 Å². The Morgan fingerprint density at radius 1 is 1.50 bits per heavy atom. The first kappa shape index (κ1) is 12.3. The third-order valence-corrected chi connectivity index (χ3v) is 3.17. The number of aromatic amines is 1. The fraction of sp³-hybridized carbons (Fsp3) is 0.300. The minimum atomic E-state index is -0.993. The Bertz CT molecular complexity index is 528. The van der Waals surface area contributed by atoms with E-state index in [1.807, 2.05) is 6.07 Å². The molecule has 0 fully saturated rings. The van der Waals surface area contributed by atoms with Gasteiger partial charge in [0.1, 0.15) is 6.07 Å². The van der Waals surface area contributed by atoms with Crippen LogP contribution in [-0.4, -0.2) is 21.8 Å². The minimum absolute atomic E-state index is 0.187. The number of nitrogens with one attached hydrogen (secondary N) is 1. The smallest absolute Gasteiger partial charge is 0.313 e. The molecule has 1 heterocycles. The molecule has 0 saturated heterocycles. The van der Waals surface area contributed by atoms with E-state index in [1.165, 1.54) is 0 Å². The topological polar surface area (TPSA) is 93.9 Å². The lowest BCUT2D eigenvalue weighted by atomic mass is 10.1. The highest BCUT2D eigenvalue weighted by molar-refractivity contribution is 7.99. The lowest BCUT2D eigenvalue weighted by molar-refractivity contribution is -0.133. The number of nitriles is 1. The molecule has 84 valence electrons. The Kier molecular flexibility index (Phi) is 3.74. The summed E-state index contributed by atoms with van der Waals surface area (Å²) in [6, 6.07) is 1.97. The van der Waals surface area contributed by atoms with Gasteiger partial charge >= 0.3 is 5.97 Å². The fourth-order valence-electron chi connectivity index (χ4n) is 1.16. The molecule has 1 rings (SSSR count). The van der Waals surface area contributed by atoms with Gasteiger partial charge in [0.2, 0.25) is 0 Å². The Morgan fingerprint density at radius 3 is 2.62 bits per heavy atom. The number of aliphatic carboxylic acids is 1. The van der Waals surface area contributed by atoms with Crippen LogP contribution in [-0.2, 0) is 4.79 Å². The first-order chi connectivity index (χ1) is 7.47. The standard InChI is InChI=1S/C10H10N2O3S/c1-5-6(2)9(15)12-10(7(5)3-11)16-4-8(13)14/h4H2,1-2H3,(H,12,15)(H,13,14). The molecule has 1 aromatic heterocycles. The minimum Gasteiger partial charge on any atom is -0.481 e. The molecule has 5 nitrogen and oxygen atoms in total. The number of H-pyrrole nitrogens is 1. The number of carbonyl (C=O) groups is 1. The van der Waals surface area contributed by atoms with Gasteiger partial charge in [-0.15, -0.1) is 0 Å². The van der Waals surface area contributed by atoms with Crippen molar-refractivity contribution in [1.29, 1.82) is 5.26 Å². The van der Waals surface area contributed by atoms with Crippen LogP contribution in [0, 0.1) is 25.2 Å². The average molecular weight is 238 g/mol. The molecule has 0 aliphatic heterocycles. The van der Waals surface area contributed by atoms with Crippen molar-refractivity contribution in [2.75, 3.05) is 5.75 Å². The van der Waals surface area contributed by atoms with Gasteiger partial charge in [-0.1, -0.05) is 11.8 Å². The van der Waals surface area contributed by atoms with Crippen molar-refractivity contribution >= 4 is 17.7 Å². The zero-order valence-electron chi connectivity index (χ0n) is 8.83. The van der Waals surface area contributed by atoms with Gasteiger partial charge in [0, 0.05) is 5.56 Å². The van der Waals surface area contributed by atoms with Crippen LogP contribution >= 0.6 is 11.8 Å². The number of hydrogen-bond donors (Lipinski definition) is 2. The van der Waals surface area contributed by atoms with Gasteiger partial charge in [-0.3, -0.25) is 9.59 Å². The second-order valence-electron chi connectivity index (χ2n) is 3.20. The average Bonchev–Trinajstić information content (AvgIpc) is 2.23. The van der Waals surface area contributed by atoms with Crippen molar-refractivity contribution in [3.8, 4) is 6.07 Å². The summed E-state index contributed by atoms with van der Waals surface area (Å²) in [6.45, 7) is 3.30. The summed E-state index contributed by atoms with van der Waals surface area (Å²) in [5.41, 5.74) is 1.13. The van der Waals surface area contributed by atoms with E-state index < -0.39 is 5.97 Å². The van der Waals surface area contributed by atoms with Gasteiger partial charge in [-0.2, -0.15) is 5.26 Å². The zero-order valence-corrected chi connectivity index (χ0v) is 9.64. The van der Waals surface area contributed by atoms with Crippen molar-refractivity contribution < 1.29 is 9.90 Å². The van der Waals surface area contributed by atoms with Crippen molar-refractivity contribution in [2.24, 2.45) is 0 Å². The molecule has 2 N–H and O–H groups in total. The third-order valence-electron chi connectivity index (χ3n) is 2.18. The summed E-state index contributed by atoms with van der Waals surface area (Å²) in [5, 5.41) is 17.8. The highest BCUT2D eigenvalue weighted by Gasteiger charge is 2.12. The van der Waals surface area contributed by atoms with E-state index >= 15 is 0 Å². The van der Waals surface area contributed by atoms with Gasteiger partial charge in [0.05, 0.1) is 16.3 Å². The van der Waals surface area contributed by atoms with E-state index in [2.05, 4.69) is 4.98 Å². The number of thioether (sulfide) groups is 1. The van der Waals surface area contributed by atoms with Gasteiger partial charge in [0.25, 0.3) is 5.56 Å². The second-order valence-corrected chi connectivity index (χ2v) is 4.19. The molecule has 0 spiro atoms. The van der Waals surface area contributed by atoms with E-state index in [0.29, 0.717) is 21.7 Å². The first-order valence-corrected chi connectivity index (χ1v) is 5.44. The highest BCUT2D eigenvalue weighted by atomic mass is 32.2. The molecule has 0 atom stereocenters. The lowest BCUT2D eigenvalue weighted by Gasteiger charge is -2.06. The SMILES string of the molecule is Cc1c(C#N)c(SCC(=O)O)[nH]c(=O)c1C. The largest absolute Gasteiger partial charge is 0.481 e. The number of nitrogens with zero attached hydrogens (tertiary/aromatic N) is 1. The van der Waals surface area contributed by atoms with Crippen molar-refractivity contribution in [1.82, 2.24) is 4.98 Å². The van der Waals surface area contributed by atoms with Crippen LogP contribution in [0.3, 0.4) is 0 Å². The molecule has 1 aromatic rings. The first-order valence-electron chi connectivity index (χ1n) is 4.45.